The molecule has 1 aromatic rings. The second-order valence-electron chi connectivity index (χ2n) is 4.65. The smallest absolute Gasteiger partial charge is 0.0277 e. The van der Waals surface area contributed by atoms with Gasteiger partial charge in [0, 0.05) is 12.0 Å². The summed E-state index contributed by atoms with van der Waals surface area (Å²) in [5.74, 6) is 7.16. The molecule has 0 aliphatic carbocycles. The number of benzene rings is 1. The summed E-state index contributed by atoms with van der Waals surface area (Å²) in [5.41, 5.74) is 5.14. The van der Waals surface area contributed by atoms with E-state index < -0.39 is 0 Å². The van der Waals surface area contributed by atoms with Crippen molar-refractivity contribution >= 4 is 0 Å². The maximum absolute atomic E-state index is 3.26. The molecule has 0 bridgehead atoms. The average Bonchev–Trinajstić information content (AvgIpc) is 2.13. The minimum Gasteiger partial charge on any atom is -0.0976 e. The molecule has 0 spiro atoms. The van der Waals surface area contributed by atoms with Crippen LogP contribution in [0.4, 0.5) is 0 Å². The standard InChI is InChI=1S/C15H20/c1-11(2)7-6-8-15-10-13(4)12(3)9-14(15)5/h9-11H,7H2,1-5H3. The molecule has 1 aromatic carbocycles. The third kappa shape index (κ3) is 3.44. The Balaban J connectivity index is 2.94. The van der Waals surface area contributed by atoms with Crippen LogP contribution in [0.25, 0.3) is 0 Å². The van der Waals surface area contributed by atoms with Gasteiger partial charge in [0.15, 0.2) is 0 Å². The molecule has 0 heterocycles. The van der Waals surface area contributed by atoms with Crippen LogP contribution < -0.4 is 0 Å². The molecule has 0 saturated heterocycles. The third-order valence-electron chi connectivity index (χ3n) is 2.57. The van der Waals surface area contributed by atoms with Crippen molar-refractivity contribution in [2.75, 3.05) is 0 Å². The fraction of sp³-hybridized carbons (Fsp3) is 0.467. The van der Waals surface area contributed by atoms with E-state index in [2.05, 4.69) is 58.6 Å². The molecule has 0 heteroatoms. The second-order valence-corrected chi connectivity index (χ2v) is 4.65. The zero-order valence-corrected chi connectivity index (χ0v) is 10.4. The molecule has 0 saturated carbocycles. The first-order chi connectivity index (χ1) is 7.00. The fourth-order valence-corrected chi connectivity index (χ4v) is 1.45. The summed E-state index contributed by atoms with van der Waals surface area (Å²) < 4.78 is 0. The Kier molecular flexibility index (Phi) is 3.97. The summed E-state index contributed by atoms with van der Waals surface area (Å²) in [5, 5.41) is 0. The van der Waals surface area contributed by atoms with Crippen molar-refractivity contribution in [3.8, 4) is 11.8 Å². The van der Waals surface area contributed by atoms with Crippen LogP contribution in [-0.4, -0.2) is 0 Å². The Labute approximate surface area is 93.7 Å². The van der Waals surface area contributed by atoms with E-state index in [9.17, 15) is 0 Å². The van der Waals surface area contributed by atoms with Gasteiger partial charge in [0.25, 0.3) is 0 Å². The first-order valence-corrected chi connectivity index (χ1v) is 5.57. The Morgan fingerprint density at radius 3 is 2.20 bits per heavy atom. The molecule has 0 aromatic heterocycles. The molecule has 0 unspecified atom stereocenters. The maximum Gasteiger partial charge on any atom is 0.0277 e. The SMILES string of the molecule is Cc1cc(C)c(C#CCC(C)C)cc1C. The van der Waals surface area contributed by atoms with Crippen molar-refractivity contribution < 1.29 is 0 Å². The van der Waals surface area contributed by atoms with E-state index in [1.165, 1.54) is 22.3 Å². The quantitative estimate of drug-likeness (QED) is 0.601. The van der Waals surface area contributed by atoms with Crippen LogP contribution in [0.2, 0.25) is 0 Å². The first kappa shape index (κ1) is 11.9. The molecule has 80 valence electrons. The Hall–Kier alpha value is -1.22. The lowest BCUT2D eigenvalue weighted by Crippen LogP contribution is -1.89. The number of aryl methyl sites for hydroxylation is 3. The first-order valence-electron chi connectivity index (χ1n) is 5.57. The van der Waals surface area contributed by atoms with Crippen LogP contribution >= 0.6 is 0 Å². The zero-order chi connectivity index (χ0) is 11.4. The highest BCUT2D eigenvalue weighted by Gasteiger charge is 1.98. The summed E-state index contributed by atoms with van der Waals surface area (Å²) in [4.78, 5) is 0. The third-order valence-corrected chi connectivity index (χ3v) is 2.57. The highest BCUT2D eigenvalue weighted by atomic mass is 14.0. The van der Waals surface area contributed by atoms with Gasteiger partial charge in [-0.3, -0.25) is 0 Å². The monoisotopic (exact) mass is 200 g/mol. The normalized spacial score (nSPS) is 10.0. The molecule has 0 atom stereocenters. The molecular formula is C15H20. The average molecular weight is 200 g/mol. The molecule has 0 radical (unpaired) electrons. The highest BCUT2D eigenvalue weighted by Crippen LogP contribution is 2.14. The van der Waals surface area contributed by atoms with E-state index in [4.69, 9.17) is 0 Å². The molecule has 0 aliphatic heterocycles. The molecule has 0 fully saturated rings. The predicted molar refractivity (Wildman–Crippen MR) is 67.0 cm³/mol. The topological polar surface area (TPSA) is 0 Å². The van der Waals surface area contributed by atoms with Crippen LogP contribution in [-0.2, 0) is 0 Å². The van der Waals surface area contributed by atoms with Crippen LogP contribution in [0.15, 0.2) is 12.1 Å². The number of hydrogen-bond donors (Lipinski definition) is 0. The van der Waals surface area contributed by atoms with Crippen LogP contribution in [0.5, 0.6) is 0 Å². The van der Waals surface area contributed by atoms with Crippen molar-refractivity contribution in [2.45, 2.75) is 41.0 Å². The van der Waals surface area contributed by atoms with Crippen molar-refractivity contribution in [3.63, 3.8) is 0 Å². The van der Waals surface area contributed by atoms with Gasteiger partial charge in [-0.25, -0.2) is 0 Å². The van der Waals surface area contributed by atoms with Crippen LogP contribution in [0.3, 0.4) is 0 Å². The minimum absolute atomic E-state index is 0.657. The lowest BCUT2D eigenvalue weighted by Gasteiger charge is -2.04. The van der Waals surface area contributed by atoms with Crippen LogP contribution in [0, 0.1) is 38.5 Å². The summed E-state index contributed by atoms with van der Waals surface area (Å²) in [7, 11) is 0. The van der Waals surface area contributed by atoms with Crippen molar-refractivity contribution in [1.82, 2.24) is 0 Å². The molecule has 0 amide bonds. The summed E-state index contributed by atoms with van der Waals surface area (Å²) in [6.45, 7) is 10.8. The van der Waals surface area contributed by atoms with E-state index in [1.807, 2.05) is 0 Å². The van der Waals surface area contributed by atoms with Gasteiger partial charge in [-0.05, 0) is 49.4 Å². The highest BCUT2D eigenvalue weighted by molar-refractivity contribution is 5.45. The molecule has 0 N–H and O–H groups in total. The van der Waals surface area contributed by atoms with Crippen molar-refractivity contribution in [3.05, 3.63) is 34.4 Å². The van der Waals surface area contributed by atoms with Gasteiger partial charge in [-0.1, -0.05) is 31.8 Å². The van der Waals surface area contributed by atoms with Gasteiger partial charge in [0.1, 0.15) is 0 Å². The molecule has 0 aliphatic rings. The van der Waals surface area contributed by atoms with E-state index >= 15 is 0 Å². The lowest BCUT2D eigenvalue weighted by atomic mass is 10.0. The predicted octanol–water partition coefficient (Wildman–Crippen LogP) is 4.01. The largest absolute Gasteiger partial charge is 0.0976 e. The fourth-order valence-electron chi connectivity index (χ4n) is 1.45. The van der Waals surface area contributed by atoms with Gasteiger partial charge >= 0.3 is 0 Å². The van der Waals surface area contributed by atoms with Crippen molar-refractivity contribution in [1.29, 1.82) is 0 Å². The van der Waals surface area contributed by atoms with Gasteiger partial charge in [0.2, 0.25) is 0 Å². The Morgan fingerprint density at radius 1 is 1.00 bits per heavy atom. The summed E-state index contributed by atoms with van der Waals surface area (Å²) >= 11 is 0. The number of rotatable bonds is 1. The van der Waals surface area contributed by atoms with E-state index in [0.717, 1.165) is 6.42 Å². The minimum atomic E-state index is 0.657. The molecule has 1 rings (SSSR count). The summed E-state index contributed by atoms with van der Waals surface area (Å²) in [6.07, 6.45) is 0.979. The van der Waals surface area contributed by atoms with Gasteiger partial charge in [-0.15, -0.1) is 0 Å². The van der Waals surface area contributed by atoms with Crippen molar-refractivity contribution in [2.24, 2.45) is 5.92 Å². The molecular weight excluding hydrogens is 180 g/mol. The Morgan fingerprint density at radius 2 is 1.60 bits per heavy atom. The van der Waals surface area contributed by atoms with E-state index in [0.29, 0.717) is 5.92 Å². The molecule has 0 nitrogen and oxygen atoms in total. The Bertz CT molecular complexity index is 400. The van der Waals surface area contributed by atoms with E-state index in [1.54, 1.807) is 0 Å². The van der Waals surface area contributed by atoms with Gasteiger partial charge < -0.3 is 0 Å². The lowest BCUT2D eigenvalue weighted by molar-refractivity contribution is 0.676. The van der Waals surface area contributed by atoms with Gasteiger partial charge in [0.05, 0.1) is 0 Å². The van der Waals surface area contributed by atoms with Gasteiger partial charge in [-0.2, -0.15) is 0 Å². The maximum atomic E-state index is 3.26. The summed E-state index contributed by atoms with van der Waals surface area (Å²) in [6, 6.07) is 4.41. The zero-order valence-electron chi connectivity index (χ0n) is 10.4. The number of hydrogen-bond acceptors (Lipinski definition) is 0. The molecule has 15 heavy (non-hydrogen) atoms. The van der Waals surface area contributed by atoms with Crippen LogP contribution in [0.1, 0.15) is 42.5 Å². The van der Waals surface area contributed by atoms with E-state index in [-0.39, 0.29) is 0 Å². The second kappa shape index (κ2) is 5.03.